The lowest BCUT2D eigenvalue weighted by Gasteiger charge is -2.11. The van der Waals surface area contributed by atoms with Crippen LogP contribution in [0.1, 0.15) is 0 Å². The molecule has 0 saturated heterocycles. The number of carbonyl (C=O) groups is 4. The molecule has 6 N–H and O–H groups in total. The molecule has 0 radical (unpaired) electrons. The van der Waals surface area contributed by atoms with Crippen molar-refractivity contribution < 1.29 is 33.6 Å². The van der Waals surface area contributed by atoms with Gasteiger partial charge in [-0.3, -0.25) is 19.2 Å². The lowest BCUT2D eigenvalue weighted by molar-refractivity contribution is -0.134. The smallest absolute Gasteiger partial charge is 0.313 e. The Morgan fingerprint density at radius 1 is 0.864 bits per heavy atom. The van der Waals surface area contributed by atoms with E-state index in [1.807, 2.05) is 0 Å². The van der Waals surface area contributed by atoms with Crippen molar-refractivity contribution in [2.24, 2.45) is 11.5 Å². The number of carboxylic acids is 2. The van der Waals surface area contributed by atoms with E-state index in [0.29, 0.717) is 0 Å². The van der Waals surface area contributed by atoms with Crippen LogP contribution in [0.15, 0.2) is 0 Å². The fourth-order valence-electron chi connectivity index (χ4n) is 1.06. The molecule has 0 aromatic carbocycles. The van der Waals surface area contributed by atoms with E-state index in [-0.39, 0.29) is 23.0 Å². The van der Waals surface area contributed by atoms with E-state index >= 15 is 0 Å². The molecule has 0 heterocycles. The molecule has 0 saturated carbocycles. The predicted molar refractivity (Wildman–Crippen MR) is 84.0 cm³/mol. The van der Waals surface area contributed by atoms with Crippen LogP contribution in [0.3, 0.4) is 0 Å². The maximum absolute atomic E-state index is 11.7. The number of rotatable bonds is 10. The standard InChI is InChI=1S/C10H16N2O7S3/c11-5(1-20-3-7(13)14)9(17)22(19)10(18)6(12)2-21-4-8(15)16/h5-6H,1-4,11-12H2,(H,13,14)(H,15,16)/t5-,6-/m0/s1. The van der Waals surface area contributed by atoms with Crippen LogP contribution in [-0.2, 0) is 30.0 Å². The Bertz CT molecular complexity index is 431. The minimum absolute atomic E-state index is 0.0901. The van der Waals surface area contributed by atoms with Crippen molar-refractivity contribution in [2.75, 3.05) is 23.0 Å². The van der Waals surface area contributed by atoms with Gasteiger partial charge in [0.05, 0.1) is 23.6 Å². The Labute approximate surface area is 137 Å². The van der Waals surface area contributed by atoms with Gasteiger partial charge in [-0.1, -0.05) is 0 Å². The SMILES string of the molecule is N[C@@H](CSCC(=O)O)C(=O)S(=O)C(=O)[C@@H](N)CSCC(=O)O. The minimum atomic E-state index is -2.55. The zero-order valence-corrected chi connectivity index (χ0v) is 13.7. The number of aliphatic carboxylic acids is 2. The lowest BCUT2D eigenvalue weighted by Crippen LogP contribution is -2.43. The zero-order valence-electron chi connectivity index (χ0n) is 11.3. The molecular weight excluding hydrogens is 356 g/mol. The largest absolute Gasteiger partial charge is 0.481 e. The average molecular weight is 372 g/mol. The molecule has 22 heavy (non-hydrogen) atoms. The summed E-state index contributed by atoms with van der Waals surface area (Å²) < 4.78 is 11.7. The summed E-state index contributed by atoms with van der Waals surface area (Å²) in [4.78, 5) is 44.0. The zero-order chi connectivity index (χ0) is 17.3. The maximum atomic E-state index is 11.7. The van der Waals surface area contributed by atoms with Crippen molar-refractivity contribution >= 4 is 56.5 Å². The van der Waals surface area contributed by atoms with Gasteiger partial charge in [-0.05, 0) is 0 Å². The number of carboxylic acid groups (broad SMARTS) is 2. The third kappa shape index (κ3) is 8.48. The molecule has 0 spiro atoms. The van der Waals surface area contributed by atoms with Crippen LogP contribution >= 0.6 is 23.5 Å². The molecule has 0 aliphatic carbocycles. The molecular formula is C10H16N2O7S3. The second kappa shape index (κ2) is 10.7. The van der Waals surface area contributed by atoms with Crippen LogP contribution in [0.4, 0.5) is 0 Å². The molecule has 0 rings (SSSR count). The van der Waals surface area contributed by atoms with Crippen LogP contribution in [0, 0.1) is 0 Å². The highest BCUT2D eigenvalue weighted by Gasteiger charge is 2.30. The van der Waals surface area contributed by atoms with Crippen LogP contribution in [-0.4, -0.2) is 71.7 Å². The van der Waals surface area contributed by atoms with E-state index in [0.717, 1.165) is 23.5 Å². The van der Waals surface area contributed by atoms with E-state index in [4.69, 9.17) is 21.7 Å². The maximum Gasteiger partial charge on any atom is 0.313 e. The van der Waals surface area contributed by atoms with Gasteiger partial charge in [0.1, 0.15) is 0 Å². The predicted octanol–water partition coefficient (Wildman–Crippen LogP) is -1.92. The van der Waals surface area contributed by atoms with Gasteiger partial charge in [-0.15, -0.1) is 23.5 Å². The normalized spacial score (nSPS) is 13.6. The highest BCUT2D eigenvalue weighted by Crippen LogP contribution is 2.07. The van der Waals surface area contributed by atoms with Gasteiger partial charge >= 0.3 is 11.9 Å². The van der Waals surface area contributed by atoms with Crippen molar-refractivity contribution in [1.29, 1.82) is 0 Å². The Morgan fingerprint density at radius 2 is 1.18 bits per heavy atom. The van der Waals surface area contributed by atoms with Crippen molar-refractivity contribution in [3.63, 3.8) is 0 Å². The van der Waals surface area contributed by atoms with Crippen LogP contribution in [0.25, 0.3) is 0 Å². The van der Waals surface area contributed by atoms with Gasteiger partial charge in [0.2, 0.25) is 10.2 Å². The Hall–Kier alpha value is -0.950. The number of hydrogen-bond donors (Lipinski definition) is 4. The first kappa shape index (κ1) is 21.0. The number of nitrogens with two attached hydrogens (primary N) is 2. The van der Waals surface area contributed by atoms with Crippen molar-refractivity contribution in [3.8, 4) is 0 Å². The highest BCUT2D eigenvalue weighted by atomic mass is 32.2. The summed E-state index contributed by atoms with van der Waals surface area (Å²) in [5.41, 5.74) is 10.9. The van der Waals surface area contributed by atoms with Gasteiger partial charge in [-0.2, -0.15) is 0 Å². The quantitative estimate of drug-likeness (QED) is 0.336. The summed E-state index contributed by atoms with van der Waals surface area (Å²) in [6, 6.07) is -2.49. The molecule has 9 nitrogen and oxygen atoms in total. The Kier molecular flexibility index (Phi) is 10.3. The van der Waals surface area contributed by atoms with Crippen LogP contribution in [0.2, 0.25) is 0 Å². The van der Waals surface area contributed by atoms with Gasteiger partial charge < -0.3 is 21.7 Å². The molecule has 0 amide bonds. The van der Waals surface area contributed by atoms with Gasteiger partial charge in [0.25, 0.3) is 0 Å². The topological polar surface area (TPSA) is 178 Å². The van der Waals surface area contributed by atoms with Crippen molar-refractivity contribution in [3.05, 3.63) is 0 Å². The molecule has 0 unspecified atom stereocenters. The third-order valence-electron chi connectivity index (χ3n) is 2.02. The van der Waals surface area contributed by atoms with E-state index in [1.54, 1.807) is 0 Å². The Morgan fingerprint density at radius 3 is 1.45 bits per heavy atom. The summed E-state index contributed by atoms with van der Waals surface area (Å²) in [7, 11) is -2.55. The first-order chi connectivity index (χ1) is 10.2. The number of thioether (sulfide) groups is 2. The summed E-state index contributed by atoms with van der Waals surface area (Å²) >= 11 is 1.72. The first-order valence-corrected chi connectivity index (χ1v) is 9.22. The van der Waals surface area contributed by atoms with Crippen molar-refractivity contribution in [1.82, 2.24) is 0 Å². The summed E-state index contributed by atoms with van der Waals surface area (Å²) in [6.45, 7) is 0. The molecule has 0 bridgehead atoms. The molecule has 0 aliphatic rings. The average Bonchev–Trinajstić information content (AvgIpc) is 2.43. The molecule has 0 aliphatic heterocycles. The van der Waals surface area contributed by atoms with E-state index in [1.165, 1.54) is 0 Å². The highest BCUT2D eigenvalue weighted by molar-refractivity contribution is 8.13. The third-order valence-corrected chi connectivity index (χ3v) is 5.45. The minimum Gasteiger partial charge on any atom is -0.481 e. The molecule has 12 heteroatoms. The monoisotopic (exact) mass is 372 g/mol. The summed E-state index contributed by atoms with van der Waals surface area (Å²) in [5.74, 6) is -2.89. The van der Waals surface area contributed by atoms with Crippen molar-refractivity contribution in [2.45, 2.75) is 12.1 Å². The van der Waals surface area contributed by atoms with E-state index in [9.17, 15) is 23.4 Å². The second-order valence-electron chi connectivity index (χ2n) is 3.94. The first-order valence-electron chi connectivity index (χ1n) is 5.76. The van der Waals surface area contributed by atoms with Crippen LogP contribution in [0.5, 0.6) is 0 Å². The molecule has 0 aromatic heterocycles. The number of carbonyl (C=O) groups excluding carboxylic acids is 2. The molecule has 2 atom stereocenters. The van der Waals surface area contributed by atoms with Crippen LogP contribution < -0.4 is 11.5 Å². The molecule has 126 valence electrons. The number of hydrogen-bond acceptors (Lipinski definition) is 9. The van der Waals surface area contributed by atoms with Gasteiger partial charge in [0, 0.05) is 11.5 Å². The van der Waals surface area contributed by atoms with E-state index < -0.39 is 45.1 Å². The van der Waals surface area contributed by atoms with E-state index in [2.05, 4.69) is 0 Å². The summed E-state index contributed by atoms with van der Waals surface area (Å²) in [6.07, 6.45) is 0. The molecule has 0 fully saturated rings. The lowest BCUT2D eigenvalue weighted by atomic mass is 10.4. The fraction of sp³-hybridized carbons (Fsp3) is 0.600. The summed E-state index contributed by atoms with van der Waals surface area (Å²) in [5, 5.41) is 14.8. The fourth-order valence-corrected chi connectivity index (χ4v) is 3.58. The Balaban J connectivity index is 4.35. The van der Waals surface area contributed by atoms with Gasteiger partial charge in [0.15, 0.2) is 10.8 Å². The second-order valence-corrected chi connectivity index (χ2v) is 7.34. The molecule has 0 aromatic rings. The van der Waals surface area contributed by atoms with Gasteiger partial charge in [-0.25, -0.2) is 4.21 Å².